The molecule has 4 nitrogen and oxygen atoms in total. The topological polar surface area (TPSA) is 44.4 Å². The Bertz CT molecular complexity index is 512. The van der Waals surface area contributed by atoms with Gasteiger partial charge in [-0.3, -0.25) is 9.69 Å². The zero-order valence-electron chi connectivity index (χ0n) is 13.3. The van der Waals surface area contributed by atoms with E-state index in [9.17, 15) is 9.18 Å². The van der Waals surface area contributed by atoms with Gasteiger partial charge in [0.05, 0.1) is 12.2 Å². The van der Waals surface area contributed by atoms with Gasteiger partial charge in [-0.15, -0.1) is 12.4 Å². The van der Waals surface area contributed by atoms with Gasteiger partial charge in [-0.05, 0) is 57.1 Å². The van der Waals surface area contributed by atoms with E-state index in [1.54, 1.807) is 12.1 Å². The second-order valence-electron chi connectivity index (χ2n) is 5.62. The molecule has 1 aromatic rings. The highest BCUT2D eigenvalue weighted by Gasteiger charge is 2.22. The fourth-order valence-electron chi connectivity index (χ4n) is 2.81. The van der Waals surface area contributed by atoms with Crippen molar-refractivity contribution in [3.63, 3.8) is 0 Å². The van der Waals surface area contributed by atoms with Crippen LogP contribution < -0.4 is 10.6 Å². The van der Waals surface area contributed by atoms with Gasteiger partial charge in [-0.25, -0.2) is 4.39 Å². The highest BCUT2D eigenvalue weighted by molar-refractivity contribution is 9.10. The first-order chi connectivity index (χ1) is 10.6. The lowest BCUT2D eigenvalue weighted by molar-refractivity contribution is -0.118. The highest BCUT2D eigenvalue weighted by Crippen LogP contribution is 2.19. The summed E-state index contributed by atoms with van der Waals surface area (Å²) in [6, 6.07) is 5.08. The fourth-order valence-corrected chi connectivity index (χ4v) is 3.15. The third-order valence-electron chi connectivity index (χ3n) is 3.89. The minimum Gasteiger partial charge on any atom is -0.322 e. The predicted molar refractivity (Wildman–Crippen MR) is 97.7 cm³/mol. The van der Waals surface area contributed by atoms with E-state index >= 15 is 0 Å². The maximum Gasteiger partial charge on any atom is 0.238 e. The lowest BCUT2D eigenvalue weighted by Crippen LogP contribution is -2.46. The Morgan fingerprint density at radius 3 is 2.74 bits per heavy atom. The predicted octanol–water partition coefficient (Wildman–Crippen LogP) is 3.41. The molecule has 130 valence electrons. The van der Waals surface area contributed by atoms with Gasteiger partial charge in [0, 0.05) is 10.5 Å². The van der Waals surface area contributed by atoms with Gasteiger partial charge < -0.3 is 10.6 Å². The summed E-state index contributed by atoms with van der Waals surface area (Å²) in [5.41, 5.74) is 0.231. The van der Waals surface area contributed by atoms with Crippen LogP contribution in [0.5, 0.6) is 0 Å². The van der Waals surface area contributed by atoms with Crippen LogP contribution in [-0.2, 0) is 4.79 Å². The van der Waals surface area contributed by atoms with Crippen LogP contribution in [0.1, 0.15) is 26.2 Å². The van der Waals surface area contributed by atoms with Gasteiger partial charge in [0.15, 0.2) is 0 Å². The van der Waals surface area contributed by atoms with Crippen LogP contribution in [0, 0.1) is 5.82 Å². The molecule has 1 heterocycles. The molecule has 1 aromatic carbocycles. The molecular weight excluding hydrogens is 385 g/mol. The van der Waals surface area contributed by atoms with E-state index in [4.69, 9.17) is 0 Å². The molecule has 1 aliphatic heterocycles. The Morgan fingerprint density at radius 2 is 2.13 bits per heavy atom. The molecule has 0 spiro atoms. The summed E-state index contributed by atoms with van der Waals surface area (Å²) in [5, 5.41) is 6.01. The molecule has 0 aliphatic carbocycles. The summed E-state index contributed by atoms with van der Waals surface area (Å²) in [5.74, 6) is -0.583. The summed E-state index contributed by atoms with van der Waals surface area (Å²) in [6.45, 7) is 5.30. The smallest absolute Gasteiger partial charge is 0.238 e. The van der Waals surface area contributed by atoms with Gasteiger partial charge >= 0.3 is 0 Å². The van der Waals surface area contributed by atoms with Crippen molar-refractivity contribution < 1.29 is 9.18 Å². The third-order valence-corrected chi connectivity index (χ3v) is 4.38. The lowest BCUT2D eigenvalue weighted by Gasteiger charge is -2.34. The summed E-state index contributed by atoms with van der Waals surface area (Å²) in [6.07, 6.45) is 3.11. The lowest BCUT2D eigenvalue weighted by atomic mass is 10.0. The van der Waals surface area contributed by atoms with E-state index in [0.717, 1.165) is 38.9 Å². The fraction of sp³-hybridized carbons (Fsp3) is 0.562. The molecule has 0 bridgehead atoms. The normalized spacial score (nSPS) is 15.3. The van der Waals surface area contributed by atoms with Crippen molar-refractivity contribution >= 4 is 39.9 Å². The average molecular weight is 409 g/mol. The SMILES string of the molecule is CCCN(CC(=O)Nc1ccc(Br)cc1F)C1CCNCC1.Cl. The number of carbonyl (C=O) groups excluding carboxylic acids is 1. The molecule has 7 heteroatoms. The minimum absolute atomic E-state index is 0. The van der Waals surface area contributed by atoms with Crippen LogP contribution >= 0.6 is 28.3 Å². The van der Waals surface area contributed by atoms with Crippen molar-refractivity contribution in [1.29, 1.82) is 0 Å². The average Bonchev–Trinajstić information content (AvgIpc) is 2.50. The number of hydrogen-bond donors (Lipinski definition) is 2. The van der Waals surface area contributed by atoms with Crippen molar-refractivity contribution in [1.82, 2.24) is 10.2 Å². The molecule has 23 heavy (non-hydrogen) atoms. The number of benzene rings is 1. The van der Waals surface area contributed by atoms with Crippen LogP contribution in [0.15, 0.2) is 22.7 Å². The minimum atomic E-state index is -0.424. The van der Waals surface area contributed by atoms with Crippen molar-refractivity contribution in [2.24, 2.45) is 0 Å². The number of rotatable bonds is 6. The molecule has 1 saturated heterocycles. The summed E-state index contributed by atoms with van der Waals surface area (Å²) >= 11 is 3.21. The van der Waals surface area contributed by atoms with Gasteiger partial charge in [-0.1, -0.05) is 22.9 Å². The Balaban J connectivity index is 0.00000264. The molecule has 1 fully saturated rings. The molecule has 0 radical (unpaired) electrons. The largest absolute Gasteiger partial charge is 0.322 e. The molecule has 1 aliphatic rings. The quantitative estimate of drug-likeness (QED) is 0.758. The second-order valence-corrected chi connectivity index (χ2v) is 6.54. The molecular formula is C16H24BrClFN3O. The number of halogens is 3. The first-order valence-electron chi connectivity index (χ1n) is 7.80. The van der Waals surface area contributed by atoms with Gasteiger partial charge in [0.25, 0.3) is 0 Å². The third kappa shape index (κ3) is 6.37. The van der Waals surface area contributed by atoms with E-state index in [1.165, 1.54) is 6.07 Å². The maximum absolute atomic E-state index is 13.8. The Morgan fingerprint density at radius 1 is 1.43 bits per heavy atom. The van der Waals surface area contributed by atoms with E-state index < -0.39 is 5.82 Å². The van der Waals surface area contributed by atoms with Crippen molar-refractivity contribution in [3.05, 3.63) is 28.5 Å². The Hall–Kier alpha value is -0.690. The van der Waals surface area contributed by atoms with Crippen molar-refractivity contribution in [2.75, 3.05) is 31.5 Å². The number of piperidine rings is 1. The van der Waals surface area contributed by atoms with Gasteiger partial charge in [0.2, 0.25) is 5.91 Å². The van der Waals surface area contributed by atoms with Crippen molar-refractivity contribution in [2.45, 2.75) is 32.2 Å². The first kappa shape index (κ1) is 20.4. The van der Waals surface area contributed by atoms with E-state index in [0.29, 0.717) is 17.1 Å². The molecule has 0 unspecified atom stereocenters. The van der Waals surface area contributed by atoms with Crippen LogP contribution in [0.3, 0.4) is 0 Å². The Labute approximate surface area is 151 Å². The van der Waals surface area contributed by atoms with E-state index in [2.05, 4.69) is 38.4 Å². The van der Waals surface area contributed by atoms with E-state index in [-0.39, 0.29) is 24.0 Å². The number of nitrogens with zero attached hydrogens (tertiary/aromatic N) is 1. The summed E-state index contributed by atoms with van der Waals surface area (Å²) < 4.78 is 14.4. The second kappa shape index (κ2) is 10.2. The molecule has 1 amide bonds. The summed E-state index contributed by atoms with van der Waals surface area (Å²) in [7, 11) is 0. The highest BCUT2D eigenvalue weighted by atomic mass is 79.9. The van der Waals surface area contributed by atoms with E-state index in [1.807, 2.05) is 0 Å². The standard InChI is InChI=1S/C16H23BrFN3O.ClH/c1-2-9-21(13-5-7-19-8-6-13)11-16(22)20-15-4-3-12(17)10-14(15)18;/h3-4,10,13,19H,2,5-9,11H2,1H3,(H,20,22);1H. The summed E-state index contributed by atoms with van der Waals surface area (Å²) in [4.78, 5) is 14.4. The van der Waals surface area contributed by atoms with Crippen molar-refractivity contribution in [3.8, 4) is 0 Å². The zero-order chi connectivity index (χ0) is 15.9. The molecule has 0 atom stereocenters. The molecule has 2 N–H and O–H groups in total. The van der Waals surface area contributed by atoms with Crippen LogP contribution in [0.2, 0.25) is 0 Å². The van der Waals surface area contributed by atoms with Gasteiger partial charge in [0.1, 0.15) is 5.82 Å². The number of anilines is 1. The van der Waals surface area contributed by atoms with Crippen LogP contribution in [0.25, 0.3) is 0 Å². The molecule has 2 rings (SSSR count). The van der Waals surface area contributed by atoms with Crippen LogP contribution in [-0.4, -0.2) is 43.0 Å². The molecule has 0 saturated carbocycles. The number of carbonyl (C=O) groups is 1. The maximum atomic E-state index is 13.8. The first-order valence-corrected chi connectivity index (χ1v) is 8.59. The number of amides is 1. The Kier molecular flexibility index (Phi) is 9.06. The molecule has 0 aromatic heterocycles. The monoisotopic (exact) mass is 407 g/mol. The number of hydrogen-bond acceptors (Lipinski definition) is 3. The van der Waals surface area contributed by atoms with Gasteiger partial charge in [-0.2, -0.15) is 0 Å². The number of nitrogens with one attached hydrogen (secondary N) is 2. The van der Waals surface area contributed by atoms with Crippen LogP contribution in [0.4, 0.5) is 10.1 Å². The zero-order valence-corrected chi connectivity index (χ0v) is 15.7.